The van der Waals surface area contributed by atoms with Gasteiger partial charge >= 0.3 is 5.82 Å². The Hall–Kier alpha value is -0.820. The van der Waals surface area contributed by atoms with Gasteiger partial charge in [0.05, 0.1) is 15.9 Å². The van der Waals surface area contributed by atoms with E-state index in [1.807, 2.05) is 0 Å². The summed E-state index contributed by atoms with van der Waals surface area (Å²) in [6.45, 7) is 0. The maximum Gasteiger partial charge on any atom is 0.368 e. The Morgan fingerprint density at radius 3 is 2.67 bits per heavy atom. The predicted octanol–water partition coefficient (Wildman–Crippen LogP) is 3.43. The van der Waals surface area contributed by atoms with E-state index < -0.39 is 22.7 Å². The fourth-order valence-electron chi connectivity index (χ4n) is 1.05. The average molecular weight is 301 g/mol. The number of aromatic nitrogens is 1. The van der Waals surface area contributed by atoms with Crippen molar-refractivity contribution in [2.45, 2.75) is 12.3 Å². The molecule has 0 unspecified atom stereocenters. The van der Waals surface area contributed by atoms with E-state index >= 15 is 0 Å². The second kappa shape index (κ2) is 4.80. The molecule has 0 spiro atoms. The van der Waals surface area contributed by atoms with Crippen LogP contribution in [-0.2, 0) is 5.88 Å². The molecule has 0 aromatic carbocycles. The van der Waals surface area contributed by atoms with E-state index in [0.29, 0.717) is 0 Å². The summed E-state index contributed by atoms with van der Waals surface area (Å²) in [5.41, 5.74) is -0.738. The van der Waals surface area contributed by atoms with Gasteiger partial charge in [0, 0.05) is 5.56 Å². The summed E-state index contributed by atoms with van der Waals surface area (Å²) in [6, 6.07) is 0. The van der Waals surface area contributed by atoms with Gasteiger partial charge in [-0.2, -0.15) is 0 Å². The first-order chi connectivity index (χ1) is 6.99. The minimum Gasteiger partial charge on any atom is -0.358 e. The van der Waals surface area contributed by atoms with Gasteiger partial charge in [0.25, 0.3) is 6.43 Å². The van der Waals surface area contributed by atoms with Crippen molar-refractivity contribution in [2.75, 3.05) is 0 Å². The average Bonchev–Trinajstić information content (AvgIpc) is 2.15. The Labute approximate surface area is 96.5 Å². The first-order valence-corrected chi connectivity index (χ1v) is 4.97. The van der Waals surface area contributed by atoms with Gasteiger partial charge in [0.1, 0.15) is 0 Å². The number of hydrogen-bond acceptors (Lipinski definition) is 3. The number of nitro groups is 1. The number of nitrogens with zero attached hydrogens (tertiary/aromatic N) is 2. The molecule has 1 rings (SSSR count). The Morgan fingerprint density at radius 1 is 1.67 bits per heavy atom. The molecule has 4 nitrogen and oxygen atoms in total. The van der Waals surface area contributed by atoms with Crippen LogP contribution in [0.2, 0.25) is 0 Å². The molecule has 0 radical (unpaired) electrons. The summed E-state index contributed by atoms with van der Waals surface area (Å²) in [6.07, 6.45) is -1.87. The van der Waals surface area contributed by atoms with Crippen molar-refractivity contribution in [3.63, 3.8) is 0 Å². The lowest BCUT2D eigenvalue weighted by Gasteiger charge is -2.07. The smallest absolute Gasteiger partial charge is 0.358 e. The van der Waals surface area contributed by atoms with Crippen molar-refractivity contribution in [1.29, 1.82) is 0 Å². The monoisotopic (exact) mass is 300 g/mol. The summed E-state index contributed by atoms with van der Waals surface area (Å²) in [5.74, 6) is -1.02. The van der Waals surface area contributed by atoms with Crippen LogP contribution < -0.4 is 0 Å². The van der Waals surface area contributed by atoms with Crippen LogP contribution in [0.25, 0.3) is 0 Å². The van der Waals surface area contributed by atoms with E-state index in [4.69, 9.17) is 11.6 Å². The molecule has 82 valence electrons. The fraction of sp³-hybridized carbons (Fsp3) is 0.286. The zero-order chi connectivity index (χ0) is 11.6. The van der Waals surface area contributed by atoms with Gasteiger partial charge in [-0.1, -0.05) is 0 Å². The van der Waals surface area contributed by atoms with Crippen molar-refractivity contribution < 1.29 is 13.7 Å². The molecule has 0 saturated carbocycles. The van der Waals surface area contributed by atoms with Crippen molar-refractivity contribution in [3.8, 4) is 0 Å². The third kappa shape index (κ3) is 2.40. The molecular formula is C7H4BrClF2N2O2. The van der Waals surface area contributed by atoms with Crippen LogP contribution in [0.1, 0.15) is 17.6 Å². The summed E-state index contributed by atoms with van der Waals surface area (Å²) in [4.78, 5) is 13.1. The highest BCUT2D eigenvalue weighted by atomic mass is 79.9. The van der Waals surface area contributed by atoms with E-state index in [1.54, 1.807) is 0 Å². The Morgan fingerprint density at radius 2 is 2.27 bits per heavy atom. The Kier molecular flexibility index (Phi) is 3.92. The zero-order valence-electron chi connectivity index (χ0n) is 7.08. The number of rotatable bonds is 3. The molecule has 0 saturated heterocycles. The molecule has 0 atom stereocenters. The summed E-state index contributed by atoms with van der Waals surface area (Å²) in [5, 5.41) is 10.5. The second-order valence-electron chi connectivity index (χ2n) is 2.51. The number of alkyl halides is 3. The fourth-order valence-corrected chi connectivity index (χ4v) is 1.83. The van der Waals surface area contributed by atoms with Crippen LogP contribution in [-0.4, -0.2) is 9.91 Å². The van der Waals surface area contributed by atoms with Gasteiger partial charge in [-0.3, -0.25) is 0 Å². The van der Waals surface area contributed by atoms with E-state index in [-0.39, 0.29) is 15.9 Å². The number of halogens is 4. The Balaban J connectivity index is 3.47. The normalized spacial score (nSPS) is 10.7. The largest absolute Gasteiger partial charge is 0.368 e. The van der Waals surface area contributed by atoms with Gasteiger partial charge in [-0.15, -0.1) is 11.6 Å². The van der Waals surface area contributed by atoms with Gasteiger partial charge in [0.15, 0.2) is 6.20 Å². The third-order valence-electron chi connectivity index (χ3n) is 1.68. The highest BCUT2D eigenvalue weighted by Gasteiger charge is 2.26. The van der Waals surface area contributed by atoms with E-state index in [0.717, 1.165) is 6.20 Å². The van der Waals surface area contributed by atoms with Crippen molar-refractivity contribution in [3.05, 3.63) is 31.9 Å². The van der Waals surface area contributed by atoms with Crippen LogP contribution in [0.5, 0.6) is 0 Å². The van der Waals surface area contributed by atoms with Crippen LogP contribution >= 0.6 is 27.5 Å². The van der Waals surface area contributed by atoms with E-state index in [2.05, 4.69) is 20.9 Å². The van der Waals surface area contributed by atoms with Crippen molar-refractivity contribution in [1.82, 2.24) is 4.98 Å². The third-order valence-corrected chi connectivity index (χ3v) is 2.58. The van der Waals surface area contributed by atoms with Gasteiger partial charge < -0.3 is 10.1 Å². The van der Waals surface area contributed by atoms with Gasteiger partial charge in [-0.25, -0.2) is 8.78 Å². The molecule has 0 aliphatic carbocycles. The molecule has 0 amide bonds. The van der Waals surface area contributed by atoms with Gasteiger partial charge in [-0.05, 0) is 25.8 Å². The molecule has 0 N–H and O–H groups in total. The maximum atomic E-state index is 12.6. The predicted molar refractivity (Wildman–Crippen MR) is 53.1 cm³/mol. The summed E-state index contributed by atoms with van der Waals surface area (Å²) in [7, 11) is 0. The van der Waals surface area contributed by atoms with Crippen molar-refractivity contribution in [2.24, 2.45) is 0 Å². The minimum atomic E-state index is -2.84. The molecule has 8 heteroatoms. The van der Waals surface area contributed by atoms with Crippen LogP contribution in [0.3, 0.4) is 0 Å². The van der Waals surface area contributed by atoms with Crippen LogP contribution in [0.15, 0.2) is 10.7 Å². The SMILES string of the molecule is O=[N+]([O-])c1ncc(Br)c(C(F)F)c1CCl. The summed E-state index contributed by atoms with van der Waals surface area (Å²) < 4.78 is 25.2. The topological polar surface area (TPSA) is 56.0 Å². The second-order valence-corrected chi connectivity index (χ2v) is 3.64. The molecule has 0 bridgehead atoms. The van der Waals surface area contributed by atoms with Crippen LogP contribution in [0, 0.1) is 10.1 Å². The molecule has 0 fully saturated rings. The molecule has 0 aliphatic rings. The lowest BCUT2D eigenvalue weighted by Crippen LogP contribution is -2.03. The molecule has 1 aromatic heterocycles. The first-order valence-electron chi connectivity index (χ1n) is 3.64. The number of pyridine rings is 1. The van der Waals surface area contributed by atoms with Gasteiger partial charge in [0.2, 0.25) is 0 Å². The highest BCUT2D eigenvalue weighted by Crippen LogP contribution is 2.34. The minimum absolute atomic E-state index is 0.0127. The molecule has 15 heavy (non-hydrogen) atoms. The summed E-state index contributed by atoms with van der Waals surface area (Å²) >= 11 is 8.25. The zero-order valence-corrected chi connectivity index (χ0v) is 9.43. The number of hydrogen-bond donors (Lipinski definition) is 0. The maximum absolute atomic E-state index is 12.6. The standard InChI is InChI=1S/C7H4BrClF2N2O2/c8-4-2-12-7(13(14)15)3(1-9)5(4)6(10)11/h2,6H,1H2. The van der Waals surface area contributed by atoms with E-state index in [9.17, 15) is 18.9 Å². The molecule has 1 aromatic rings. The quantitative estimate of drug-likeness (QED) is 0.488. The van der Waals surface area contributed by atoms with Crippen molar-refractivity contribution >= 4 is 33.3 Å². The lowest BCUT2D eigenvalue weighted by atomic mass is 10.1. The molecule has 1 heterocycles. The Bertz CT molecular complexity index is 403. The lowest BCUT2D eigenvalue weighted by molar-refractivity contribution is -0.390. The molecule has 0 aliphatic heterocycles. The molecular weight excluding hydrogens is 297 g/mol. The van der Waals surface area contributed by atoms with Crippen LogP contribution in [0.4, 0.5) is 14.6 Å². The highest BCUT2D eigenvalue weighted by molar-refractivity contribution is 9.10. The first kappa shape index (κ1) is 12.3. The van der Waals surface area contributed by atoms with E-state index in [1.165, 1.54) is 0 Å².